The van der Waals surface area contributed by atoms with Gasteiger partial charge in [-0.25, -0.2) is 0 Å². The minimum Gasteiger partial charge on any atom is -0.340 e. The molecule has 0 saturated carbocycles. The number of amides is 1. The highest BCUT2D eigenvalue weighted by molar-refractivity contribution is 5.77. The van der Waals surface area contributed by atoms with E-state index >= 15 is 0 Å². The lowest BCUT2D eigenvalue weighted by Gasteiger charge is -2.38. The standard InChI is InChI=1S/C14H28N2O/c1-10(14(3,4)5)8-13(17)16-7-6-12(15)9-11(16)2/h10-12H,6-9,15H2,1-5H3/t10-,11+,12+/m0/s1. The fourth-order valence-electron chi connectivity index (χ4n) is 2.26. The van der Waals surface area contributed by atoms with Crippen LogP contribution in [0.15, 0.2) is 0 Å². The average molecular weight is 240 g/mol. The van der Waals surface area contributed by atoms with Crippen LogP contribution in [0, 0.1) is 11.3 Å². The molecule has 3 nitrogen and oxygen atoms in total. The Labute approximate surface area is 106 Å². The van der Waals surface area contributed by atoms with Gasteiger partial charge in [-0.2, -0.15) is 0 Å². The van der Waals surface area contributed by atoms with Gasteiger partial charge in [0.1, 0.15) is 0 Å². The molecule has 1 heterocycles. The summed E-state index contributed by atoms with van der Waals surface area (Å²) >= 11 is 0. The molecule has 1 aliphatic rings. The van der Waals surface area contributed by atoms with Gasteiger partial charge in [0, 0.05) is 25.0 Å². The van der Waals surface area contributed by atoms with E-state index in [1.54, 1.807) is 0 Å². The van der Waals surface area contributed by atoms with Crippen LogP contribution in [0.2, 0.25) is 0 Å². The largest absolute Gasteiger partial charge is 0.340 e. The molecule has 2 N–H and O–H groups in total. The van der Waals surface area contributed by atoms with Crippen LogP contribution in [0.5, 0.6) is 0 Å². The molecule has 1 fully saturated rings. The van der Waals surface area contributed by atoms with Crippen LogP contribution in [0.25, 0.3) is 0 Å². The molecular weight excluding hydrogens is 212 g/mol. The Hall–Kier alpha value is -0.570. The topological polar surface area (TPSA) is 46.3 Å². The lowest BCUT2D eigenvalue weighted by Crippen LogP contribution is -2.48. The van der Waals surface area contributed by atoms with E-state index in [9.17, 15) is 4.79 Å². The zero-order valence-corrected chi connectivity index (χ0v) is 12.0. The molecular formula is C14H28N2O. The molecule has 0 bridgehead atoms. The third kappa shape index (κ3) is 3.98. The zero-order valence-electron chi connectivity index (χ0n) is 12.0. The molecule has 1 rings (SSSR count). The quantitative estimate of drug-likeness (QED) is 0.805. The Morgan fingerprint density at radius 2 is 2.06 bits per heavy atom. The molecule has 17 heavy (non-hydrogen) atoms. The highest BCUT2D eigenvalue weighted by Gasteiger charge is 2.30. The van der Waals surface area contributed by atoms with Crippen molar-refractivity contribution in [3.8, 4) is 0 Å². The number of hydrogen-bond donors (Lipinski definition) is 1. The Morgan fingerprint density at radius 1 is 1.47 bits per heavy atom. The van der Waals surface area contributed by atoms with E-state index in [-0.39, 0.29) is 11.5 Å². The summed E-state index contributed by atoms with van der Waals surface area (Å²) in [6, 6.07) is 0.576. The monoisotopic (exact) mass is 240 g/mol. The zero-order chi connectivity index (χ0) is 13.2. The first-order valence-corrected chi connectivity index (χ1v) is 6.77. The molecule has 1 aliphatic heterocycles. The van der Waals surface area contributed by atoms with Gasteiger partial charge in [-0.1, -0.05) is 27.7 Å². The van der Waals surface area contributed by atoms with Crippen molar-refractivity contribution >= 4 is 5.91 Å². The van der Waals surface area contributed by atoms with E-state index in [2.05, 4.69) is 34.6 Å². The molecule has 0 spiro atoms. The summed E-state index contributed by atoms with van der Waals surface area (Å²) in [7, 11) is 0. The van der Waals surface area contributed by atoms with Crippen molar-refractivity contribution in [2.45, 2.75) is 66.0 Å². The maximum atomic E-state index is 12.3. The van der Waals surface area contributed by atoms with Crippen LogP contribution in [-0.4, -0.2) is 29.4 Å². The molecule has 1 saturated heterocycles. The van der Waals surface area contributed by atoms with Gasteiger partial charge >= 0.3 is 0 Å². The normalized spacial score (nSPS) is 28.0. The Bertz CT molecular complexity index is 270. The first-order chi connectivity index (χ1) is 7.71. The van der Waals surface area contributed by atoms with Crippen LogP contribution in [0.1, 0.15) is 53.9 Å². The maximum Gasteiger partial charge on any atom is 0.223 e. The Morgan fingerprint density at radius 3 is 2.53 bits per heavy atom. The Balaban J connectivity index is 2.53. The first kappa shape index (κ1) is 14.5. The van der Waals surface area contributed by atoms with Gasteiger partial charge in [0.05, 0.1) is 0 Å². The third-order valence-corrected chi connectivity index (χ3v) is 4.20. The third-order valence-electron chi connectivity index (χ3n) is 4.20. The summed E-state index contributed by atoms with van der Waals surface area (Å²) in [6.07, 6.45) is 2.54. The van der Waals surface area contributed by atoms with E-state index in [0.29, 0.717) is 24.3 Å². The van der Waals surface area contributed by atoms with Crippen molar-refractivity contribution in [1.82, 2.24) is 4.90 Å². The summed E-state index contributed by atoms with van der Waals surface area (Å²) in [4.78, 5) is 14.3. The number of piperidine rings is 1. The second kappa shape index (κ2) is 5.38. The van der Waals surface area contributed by atoms with Crippen LogP contribution in [0.3, 0.4) is 0 Å². The fraction of sp³-hybridized carbons (Fsp3) is 0.929. The summed E-state index contributed by atoms with van der Waals surface area (Å²) in [5, 5.41) is 0. The fourth-order valence-corrected chi connectivity index (χ4v) is 2.26. The first-order valence-electron chi connectivity index (χ1n) is 6.77. The number of carbonyl (C=O) groups is 1. The van der Waals surface area contributed by atoms with Crippen molar-refractivity contribution in [1.29, 1.82) is 0 Å². The van der Waals surface area contributed by atoms with Crippen LogP contribution < -0.4 is 5.73 Å². The van der Waals surface area contributed by atoms with Gasteiger partial charge in [0.2, 0.25) is 5.91 Å². The molecule has 100 valence electrons. The molecule has 0 aromatic rings. The Kier molecular flexibility index (Phi) is 4.59. The van der Waals surface area contributed by atoms with E-state index in [0.717, 1.165) is 19.4 Å². The minimum atomic E-state index is 0.199. The molecule has 0 aliphatic carbocycles. The number of likely N-dealkylation sites (tertiary alicyclic amines) is 1. The minimum absolute atomic E-state index is 0.199. The number of carbonyl (C=O) groups excluding carboxylic acids is 1. The summed E-state index contributed by atoms with van der Waals surface area (Å²) in [5.41, 5.74) is 6.12. The highest BCUT2D eigenvalue weighted by Crippen LogP contribution is 2.29. The molecule has 0 radical (unpaired) electrons. The van der Waals surface area contributed by atoms with Gasteiger partial charge in [-0.15, -0.1) is 0 Å². The summed E-state index contributed by atoms with van der Waals surface area (Å²) in [5.74, 6) is 0.713. The molecule has 0 aromatic heterocycles. The van der Waals surface area contributed by atoms with Gasteiger partial charge in [-0.3, -0.25) is 4.79 Å². The number of hydrogen-bond acceptors (Lipinski definition) is 2. The van der Waals surface area contributed by atoms with Crippen LogP contribution in [-0.2, 0) is 4.79 Å². The van der Waals surface area contributed by atoms with Crippen molar-refractivity contribution in [3.05, 3.63) is 0 Å². The smallest absolute Gasteiger partial charge is 0.223 e. The lowest BCUT2D eigenvalue weighted by molar-refractivity contribution is -0.136. The number of nitrogens with two attached hydrogens (primary N) is 1. The van der Waals surface area contributed by atoms with Crippen LogP contribution in [0.4, 0.5) is 0 Å². The summed E-state index contributed by atoms with van der Waals surface area (Å²) in [6.45, 7) is 11.7. The molecule has 3 heteroatoms. The number of rotatable bonds is 2. The van der Waals surface area contributed by atoms with E-state index in [1.807, 2.05) is 4.90 Å². The van der Waals surface area contributed by atoms with Crippen LogP contribution >= 0.6 is 0 Å². The predicted molar refractivity (Wildman–Crippen MR) is 71.6 cm³/mol. The molecule has 3 atom stereocenters. The predicted octanol–water partition coefficient (Wildman–Crippen LogP) is 2.40. The second-order valence-corrected chi connectivity index (χ2v) is 6.69. The lowest BCUT2D eigenvalue weighted by atomic mass is 9.79. The average Bonchev–Trinajstić information content (AvgIpc) is 2.15. The molecule has 1 amide bonds. The van der Waals surface area contributed by atoms with Crippen molar-refractivity contribution < 1.29 is 4.79 Å². The van der Waals surface area contributed by atoms with Gasteiger partial charge in [0.15, 0.2) is 0 Å². The SMILES string of the molecule is C[C@@H]1C[C@H](N)CCN1C(=O)C[C@H](C)C(C)(C)C. The van der Waals surface area contributed by atoms with E-state index < -0.39 is 0 Å². The molecule has 0 aromatic carbocycles. The highest BCUT2D eigenvalue weighted by atomic mass is 16.2. The van der Waals surface area contributed by atoms with Gasteiger partial charge < -0.3 is 10.6 Å². The van der Waals surface area contributed by atoms with E-state index in [1.165, 1.54) is 0 Å². The van der Waals surface area contributed by atoms with Crippen molar-refractivity contribution in [2.75, 3.05) is 6.54 Å². The van der Waals surface area contributed by atoms with Crippen molar-refractivity contribution in [3.63, 3.8) is 0 Å². The summed E-state index contributed by atoms with van der Waals surface area (Å²) < 4.78 is 0. The number of nitrogens with zero attached hydrogens (tertiary/aromatic N) is 1. The van der Waals surface area contributed by atoms with Crippen molar-refractivity contribution in [2.24, 2.45) is 17.1 Å². The maximum absolute atomic E-state index is 12.3. The van der Waals surface area contributed by atoms with Gasteiger partial charge in [0.25, 0.3) is 0 Å². The second-order valence-electron chi connectivity index (χ2n) is 6.69. The molecule has 0 unspecified atom stereocenters. The van der Waals surface area contributed by atoms with E-state index in [4.69, 9.17) is 5.73 Å². The van der Waals surface area contributed by atoms with Gasteiger partial charge in [-0.05, 0) is 31.1 Å².